The summed E-state index contributed by atoms with van der Waals surface area (Å²) in [5.74, 6) is -1.62. The molecule has 0 amide bonds. The molecule has 1 aromatic rings. The first-order valence-electron chi connectivity index (χ1n) is 7.13. The Hall–Kier alpha value is -1.20. The third kappa shape index (κ3) is 4.15. The van der Waals surface area contributed by atoms with Gasteiger partial charge in [0.25, 0.3) is 0 Å². The third-order valence-electron chi connectivity index (χ3n) is 3.25. The van der Waals surface area contributed by atoms with Crippen molar-refractivity contribution >= 4 is 0 Å². The highest BCUT2D eigenvalue weighted by Gasteiger charge is 2.19. The van der Waals surface area contributed by atoms with Gasteiger partial charge in [-0.25, -0.2) is 8.78 Å². The quantitative estimate of drug-likeness (QED) is 0.781. The molecule has 1 aromatic carbocycles. The topological polar surface area (TPSA) is 30.5 Å². The average Bonchev–Trinajstić information content (AvgIpc) is 2.91. The summed E-state index contributed by atoms with van der Waals surface area (Å²) in [7, 11) is 0. The van der Waals surface area contributed by atoms with E-state index in [1.54, 1.807) is 0 Å². The largest absolute Gasteiger partial charge is 0.485 e. The monoisotopic (exact) mass is 285 g/mol. The minimum absolute atomic E-state index is 0.0558. The average molecular weight is 285 g/mol. The maximum Gasteiger partial charge on any atom is 0.190 e. The predicted molar refractivity (Wildman–Crippen MR) is 72.8 cm³/mol. The van der Waals surface area contributed by atoms with Crippen LogP contribution >= 0.6 is 0 Å². The molecule has 1 N–H and O–H groups in total. The molecule has 1 aliphatic heterocycles. The highest BCUT2D eigenvalue weighted by atomic mass is 19.1. The van der Waals surface area contributed by atoms with Crippen LogP contribution < -0.4 is 10.1 Å². The first kappa shape index (κ1) is 15.2. The lowest BCUT2D eigenvalue weighted by molar-refractivity contribution is 0.0650. The van der Waals surface area contributed by atoms with Crippen molar-refractivity contribution in [3.8, 4) is 5.75 Å². The summed E-state index contributed by atoms with van der Waals surface area (Å²) in [6.45, 7) is 4.20. The number of rotatable bonds is 7. The Labute approximate surface area is 118 Å². The second kappa shape index (κ2) is 7.55. The van der Waals surface area contributed by atoms with Crippen LogP contribution in [-0.2, 0) is 11.3 Å². The molecule has 1 unspecified atom stereocenters. The standard InChI is InChI=1S/C15H21F2NO2/c1-2-5-18-9-11-7-13(16)15(14(17)8-11)20-10-12-4-3-6-19-12/h7-8,12,18H,2-6,9-10H2,1H3. The molecule has 1 aliphatic rings. The summed E-state index contributed by atoms with van der Waals surface area (Å²) in [4.78, 5) is 0. The van der Waals surface area contributed by atoms with E-state index in [9.17, 15) is 8.78 Å². The van der Waals surface area contributed by atoms with Gasteiger partial charge >= 0.3 is 0 Å². The van der Waals surface area contributed by atoms with Crippen LogP contribution in [0.3, 0.4) is 0 Å². The number of benzene rings is 1. The van der Waals surface area contributed by atoms with Crippen molar-refractivity contribution in [2.24, 2.45) is 0 Å². The van der Waals surface area contributed by atoms with Crippen LogP contribution in [0, 0.1) is 11.6 Å². The first-order valence-corrected chi connectivity index (χ1v) is 7.13. The van der Waals surface area contributed by atoms with E-state index in [0.29, 0.717) is 18.7 Å². The molecule has 112 valence electrons. The first-order chi connectivity index (χ1) is 9.70. The van der Waals surface area contributed by atoms with Crippen molar-refractivity contribution in [2.45, 2.75) is 38.8 Å². The van der Waals surface area contributed by atoms with Gasteiger partial charge in [0.1, 0.15) is 6.61 Å². The van der Waals surface area contributed by atoms with Crippen LogP contribution in [0.25, 0.3) is 0 Å². The fourth-order valence-corrected chi connectivity index (χ4v) is 2.21. The van der Waals surface area contributed by atoms with Gasteiger partial charge in [0.2, 0.25) is 0 Å². The van der Waals surface area contributed by atoms with Crippen molar-refractivity contribution in [1.82, 2.24) is 5.32 Å². The van der Waals surface area contributed by atoms with E-state index < -0.39 is 11.6 Å². The van der Waals surface area contributed by atoms with Gasteiger partial charge in [-0.1, -0.05) is 6.92 Å². The van der Waals surface area contributed by atoms with E-state index in [0.717, 1.165) is 25.8 Å². The lowest BCUT2D eigenvalue weighted by Gasteiger charge is -2.13. The number of halogens is 2. The molecule has 5 heteroatoms. The van der Waals surface area contributed by atoms with Gasteiger partial charge in [0.15, 0.2) is 17.4 Å². The number of nitrogens with one attached hydrogen (secondary N) is 1. The maximum atomic E-state index is 13.9. The molecule has 2 rings (SSSR count). The van der Waals surface area contributed by atoms with Crippen LogP contribution in [0.2, 0.25) is 0 Å². The van der Waals surface area contributed by atoms with Gasteiger partial charge in [-0.05, 0) is 43.5 Å². The number of hydrogen-bond donors (Lipinski definition) is 1. The van der Waals surface area contributed by atoms with Crippen LogP contribution in [0.5, 0.6) is 5.75 Å². The molecule has 1 fully saturated rings. The molecule has 0 aliphatic carbocycles. The summed E-state index contributed by atoms with van der Waals surface area (Å²) in [5.41, 5.74) is 0.581. The van der Waals surface area contributed by atoms with Gasteiger partial charge in [0, 0.05) is 13.2 Å². The van der Waals surface area contributed by atoms with Crippen LogP contribution in [0.4, 0.5) is 8.78 Å². The Balaban J connectivity index is 1.94. The van der Waals surface area contributed by atoms with Crippen molar-refractivity contribution in [2.75, 3.05) is 19.8 Å². The molecular formula is C15H21F2NO2. The second-order valence-corrected chi connectivity index (χ2v) is 5.01. The smallest absolute Gasteiger partial charge is 0.190 e. The fourth-order valence-electron chi connectivity index (χ4n) is 2.21. The Bertz CT molecular complexity index is 411. The van der Waals surface area contributed by atoms with Gasteiger partial charge in [0.05, 0.1) is 6.10 Å². The van der Waals surface area contributed by atoms with Crippen LogP contribution in [-0.4, -0.2) is 25.9 Å². The summed E-state index contributed by atoms with van der Waals surface area (Å²) < 4.78 is 38.3. The van der Waals surface area contributed by atoms with Gasteiger partial charge < -0.3 is 14.8 Å². The Kier molecular flexibility index (Phi) is 5.73. The Morgan fingerprint density at radius 3 is 2.70 bits per heavy atom. The van der Waals surface area contributed by atoms with Gasteiger partial charge in [-0.15, -0.1) is 0 Å². The van der Waals surface area contributed by atoms with E-state index in [4.69, 9.17) is 9.47 Å². The van der Waals surface area contributed by atoms with E-state index in [2.05, 4.69) is 5.32 Å². The molecule has 0 aromatic heterocycles. The van der Waals surface area contributed by atoms with E-state index >= 15 is 0 Å². The van der Waals surface area contributed by atoms with E-state index in [-0.39, 0.29) is 18.5 Å². The lowest BCUT2D eigenvalue weighted by Crippen LogP contribution is -2.18. The molecule has 1 heterocycles. The Morgan fingerprint density at radius 1 is 1.35 bits per heavy atom. The number of hydrogen-bond acceptors (Lipinski definition) is 3. The second-order valence-electron chi connectivity index (χ2n) is 5.01. The van der Waals surface area contributed by atoms with E-state index in [1.807, 2.05) is 6.92 Å². The fraction of sp³-hybridized carbons (Fsp3) is 0.600. The zero-order chi connectivity index (χ0) is 14.4. The normalized spacial score (nSPS) is 18.4. The molecule has 0 spiro atoms. The van der Waals surface area contributed by atoms with Gasteiger partial charge in [-0.3, -0.25) is 0 Å². The molecule has 0 radical (unpaired) electrons. The zero-order valence-corrected chi connectivity index (χ0v) is 11.8. The molecule has 0 saturated carbocycles. The minimum Gasteiger partial charge on any atom is -0.485 e. The minimum atomic E-state index is -0.656. The highest BCUT2D eigenvalue weighted by molar-refractivity contribution is 5.31. The molecule has 20 heavy (non-hydrogen) atoms. The molecule has 0 bridgehead atoms. The van der Waals surface area contributed by atoms with Crippen molar-refractivity contribution in [3.63, 3.8) is 0 Å². The molecule has 3 nitrogen and oxygen atoms in total. The summed E-state index contributed by atoms with van der Waals surface area (Å²) in [6.07, 6.45) is 2.77. The highest BCUT2D eigenvalue weighted by Crippen LogP contribution is 2.24. The third-order valence-corrected chi connectivity index (χ3v) is 3.25. The van der Waals surface area contributed by atoms with Crippen molar-refractivity contribution in [3.05, 3.63) is 29.3 Å². The Morgan fingerprint density at radius 2 is 2.10 bits per heavy atom. The molecule has 1 atom stereocenters. The van der Waals surface area contributed by atoms with Crippen LogP contribution in [0.1, 0.15) is 31.7 Å². The summed E-state index contributed by atoms with van der Waals surface area (Å²) in [5, 5.41) is 3.11. The SMILES string of the molecule is CCCNCc1cc(F)c(OCC2CCCO2)c(F)c1. The summed E-state index contributed by atoms with van der Waals surface area (Å²) in [6, 6.07) is 2.63. The van der Waals surface area contributed by atoms with Crippen molar-refractivity contribution < 1.29 is 18.3 Å². The molecule has 1 saturated heterocycles. The van der Waals surface area contributed by atoms with Crippen LogP contribution in [0.15, 0.2) is 12.1 Å². The van der Waals surface area contributed by atoms with Gasteiger partial charge in [-0.2, -0.15) is 0 Å². The zero-order valence-electron chi connectivity index (χ0n) is 11.8. The number of ether oxygens (including phenoxy) is 2. The predicted octanol–water partition coefficient (Wildman–Crippen LogP) is 3.02. The lowest BCUT2D eigenvalue weighted by atomic mass is 10.2. The summed E-state index contributed by atoms with van der Waals surface area (Å²) >= 11 is 0. The molecular weight excluding hydrogens is 264 g/mol. The van der Waals surface area contributed by atoms with Crippen molar-refractivity contribution in [1.29, 1.82) is 0 Å². The maximum absolute atomic E-state index is 13.9. The van der Waals surface area contributed by atoms with E-state index in [1.165, 1.54) is 12.1 Å².